The van der Waals surface area contributed by atoms with E-state index in [-0.39, 0.29) is 17.5 Å². The van der Waals surface area contributed by atoms with Crippen molar-refractivity contribution in [1.82, 2.24) is 5.32 Å². The van der Waals surface area contributed by atoms with Crippen LogP contribution in [0.5, 0.6) is 11.5 Å². The second kappa shape index (κ2) is 6.38. The zero-order valence-electron chi connectivity index (χ0n) is 10.9. The molecule has 1 N–H and O–H groups in total. The van der Waals surface area contributed by atoms with Gasteiger partial charge in [0.15, 0.2) is 0 Å². The van der Waals surface area contributed by atoms with Crippen LogP contribution in [-0.2, 0) is 0 Å². The molecule has 0 bridgehead atoms. The van der Waals surface area contributed by atoms with Gasteiger partial charge < -0.3 is 14.8 Å². The van der Waals surface area contributed by atoms with Crippen molar-refractivity contribution in [3.8, 4) is 11.5 Å². The van der Waals surface area contributed by atoms with Crippen LogP contribution in [-0.4, -0.2) is 30.7 Å². The molecule has 0 spiro atoms. The van der Waals surface area contributed by atoms with E-state index in [1.54, 1.807) is 12.1 Å². The van der Waals surface area contributed by atoms with Crippen LogP contribution in [0, 0.1) is 10.1 Å². The minimum absolute atomic E-state index is 0.0228. The Kier molecular flexibility index (Phi) is 4.57. The summed E-state index contributed by atoms with van der Waals surface area (Å²) in [5, 5.41) is 14.1. The normalized spacial score (nSPS) is 18.3. The molecule has 104 valence electrons. The van der Waals surface area contributed by atoms with Crippen molar-refractivity contribution in [3.05, 3.63) is 28.3 Å². The molecule has 0 amide bonds. The van der Waals surface area contributed by atoms with E-state index in [2.05, 4.69) is 5.32 Å². The number of hydrogen-bond donors (Lipinski definition) is 1. The van der Waals surface area contributed by atoms with Crippen molar-refractivity contribution in [2.75, 3.05) is 19.7 Å². The summed E-state index contributed by atoms with van der Waals surface area (Å²) in [6, 6.07) is 4.66. The van der Waals surface area contributed by atoms with Crippen molar-refractivity contribution in [2.45, 2.75) is 25.9 Å². The van der Waals surface area contributed by atoms with Gasteiger partial charge in [0, 0.05) is 18.7 Å². The topological polar surface area (TPSA) is 73.6 Å². The Labute approximate surface area is 111 Å². The molecule has 0 aromatic heterocycles. The van der Waals surface area contributed by atoms with Crippen LogP contribution in [0.2, 0.25) is 0 Å². The molecule has 1 atom stereocenters. The Balaban J connectivity index is 2.13. The van der Waals surface area contributed by atoms with Crippen LogP contribution >= 0.6 is 0 Å². The van der Waals surface area contributed by atoms with Gasteiger partial charge in [0.05, 0.1) is 11.5 Å². The van der Waals surface area contributed by atoms with E-state index in [0.29, 0.717) is 12.4 Å². The highest BCUT2D eigenvalue weighted by Crippen LogP contribution is 2.32. The molecule has 0 radical (unpaired) electrons. The monoisotopic (exact) mass is 266 g/mol. The summed E-state index contributed by atoms with van der Waals surface area (Å²) in [4.78, 5) is 10.5. The predicted octanol–water partition coefficient (Wildman–Crippen LogP) is 2.12. The maximum absolute atomic E-state index is 10.9. The van der Waals surface area contributed by atoms with E-state index in [1.807, 2.05) is 6.92 Å². The lowest BCUT2D eigenvalue weighted by molar-refractivity contribution is -0.385. The Morgan fingerprint density at radius 2 is 2.37 bits per heavy atom. The van der Waals surface area contributed by atoms with E-state index in [4.69, 9.17) is 9.47 Å². The van der Waals surface area contributed by atoms with E-state index in [1.165, 1.54) is 6.07 Å². The maximum Gasteiger partial charge on any atom is 0.311 e. The van der Waals surface area contributed by atoms with Crippen LogP contribution in [0.3, 0.4) is 0 Å². The standard InChI is InChI=1S/C13H18N2O4/c1-2-7-18-13-8-10(3-4-12(13)15(16)17)19-11-5-6-14-9-11/h3-4,8,11,14H,2,5-7,9H2,1H3. The fourth-order valence-electron chi connectivity index (χ4n) is 1.97. The Morgan fingerprint density at radius 1 is 1.53 bits per heavy atom. The first-order valence-corrected chi connectivity index (χ1v) is 6.49. The first kappa shape index (κ1) is 13.6. The van der Waals surface area contributed by atoms with Crippen LogP contribution in [0.25, 0.3) is 0 Å². The largest absolute Gasteiger partial charge is 0.489 e. The number of nitrogens with one attached hydrogen (secondary N) is 1. The van der Waals surface area contributed by atoms with Crippen molar-refractivity contribution < 1.29 is 14.4 Å². The van der Waals surface area contributed by atoms with Crippen molar-refractivity contribution in [3.63, 3.8) is 0 Å². The molecule has 0 aliphatic carbocycles. The van der Waals surface area contributed by atoms with Crippen molar-refractivity contribution in [2.24, 2.45) is 0 Å². The van der Waals surface area contributed by atoms with Crippen LogP contribution < -0.4 is 14.8 Å². The molecule has 1 aliphatic heterocycles. The Hall–Kier alpha value is -1.82. The second-order valence-electron chi connectivity index (χ2n) is 4.47. The fraction of sp³-hybridized carbons (Fsp3) is 0.538. The molecule has 1 heterocycles. The molecule has 1 unspecified atom stereocenters. The van der Waals surface area contributed by atoms with E-state index < -0.39 is 4.92 Å². The molecule has 6 heteroatoms. The number of nitro benzene ring substituents is 1. The molecule has 0 saturated carbocycles. The third-order valence-corrected chi connectivity index (χ3v) is 2.91. The molecule has 19 heavy (non-hydrogen) atoms. The van der Waals surface area contributed by atoms with E-state index in [9.17, 15) is 10.1 Å². The van der Waals surface area contributed by atoms with Gasteiger partial charge >= 0.3 is 5.69 Å². The number of nitro groups is 1. The molecule has 1 aromatic rings. The number of benzene rings is 1. The SMILES string of the molecule is CCCOc1cc(OC2CCNC2)ccc1[N+](=O)[O-]. The van der Waals surface area contributed by atoms with Gasteiger partial charge in [0.1, 0.15) is 11.9 Å². The lowest BCUT2D eigenvalue weighted by atomic mass is 10.2. The highest BCUT2D eigenvalue weighted by molar-refractivity contribution is 5.50. The zero-order chi connectivity index (χ0) is 13.7. The van der Waals surface area contributed by atoms with Crippen LogP contribution in [0.4, 0.5) is 5.69 Å². The van der Waals surface area contributed by atoms with Gasteiger partial charge in [0.25, 0.3) is 0 Å². The second-order valence-corrected chi connectivity index (χ2v) is 4.47. The molecular formula is C13H18N2O4. The number of nitrogens with zero attached hydrogens (tertiary/aromatic N) is 1. The van der Waals surface area contributed by atoms with Crippen molar-refractivity contribution >= 4 is 5.69 Å². The quantitative estimate of drug-likeness (QED) is 0.630. The summed E-state index contributed by atoms with van der Waals surface area (Å²) in [6.45, 7) is 4.16. The maximum atomic E-state index is 10.9. The number of rotatable bonds is 6. The molecule has 1 fully saturated rings. The van der Waals surface area contributed by atoms with Gasteiger partial charge in [-0.2, -0.15) is 0 Å². The molecule has 1 saturated heterocycles. The molecule has 1 aliphatic rings. The summed E-state index contributed by atoms with van der Waals surface area (Å²) in [7, 11) is 0. The number of ether oxygens (including phenoxy) is 2. The van der Waals surface area contributed by atoms with Crippen LogP contribution in [0.15, 0.2) is 18.2 Å². The van der Waals surface area contributed by atoms with Gasteiger partial charge in [-0.3, -0.25) is 10.1 Å². The summed E-state index contributed by atoms with van der Waals surface area (Å²) in [5.74, 6) is 0.890. The average molecular weight is 266 g/mol. The Morgan fingerprint density at radius 3 is 3.00 bits per heavy atom. The lowest BCUT2D eigenvalue weighted by Gasteiger charge is -2.13. The fourth-order valence-corrected chi connectivity index (χ4v) is 1.97. The highest BCUT2D eigenvalue weighted by Gasteiger charge is 2.19. The number of hydrogen-bond acceptors (Lipinski definition) is 5. The molecular weight excluding hydrogens is 248 g/mol. The van der Waals surface area contributed by atoms with Gasteiger partial charge in [-0.1, -0.05) is 6.92 Å². The zero-order valence-corrected chi connectivity index (χ0v) is 10.9. The summed E-state index contributed by atoms with van der Waals surface area (Å²) in [6.07, 6.45) is 1.87. The average Bonchev–Trinajstić information content (AvgIpc) is 2.89. The minimum atomic E-state index is -0.439. The van der Waals surface area contributed by atoms with Gasteiger partial charge in [0.2, 0.25) is 5.75 Å². The third kappa shape index (κ3) is 3.57. The van der Waals surface area contributed by atoms with E-state index >= 15 is 0 Å². The first-order chi connectivity index (χ1) is 9.20. The van der Waals surface area contributed by atoms with Gasteiger partial charge in [-0.15, -0.1) is 0 Å². The predicted molar refractivity (Wildman–Crippen MR) is 70.8 cm³/mol. The highest BCUT2D eigenvalue weighted by atomic mass is 16.6. The lowest BCUT2D eigenvalue weighted by Crippen LogP contribution is -2.19. The van der Waals surface area contributed by atoms with Gasteiger partial charge in [-0.25, -0.2) is 0 Å². The van der Waals surface area contributed by atoms with Crippen LogP contribution in [0.1, 0.15) is 19.8 Å². The molecule has 6 nitrogen and oxygen atoms in total. The minimum Gasteiger partial charge on any atom is -0.489 e. The molecule has 1 aromatic carbocycles. The summed E-state index contributed by atoms with van der Waals surface area (Å²) < 4.78 is 11.2. The van der Waals surface area contributed by atoms with Crippen molar-refractivity contribution in [1.29, 1.82) is 0 Å². The summed E-state index contributed by atoms with van der Waals surface area (Å²) in [5.41, 5.74) is -0.0228. The smallest absolute Gasteiger partial charge is 0.311 e. The summed E-state index contributed by atoms with van der Waals surface area (Å²) >= 11 is 0. The first-order valence-electron chi connectivity index (χ1n) is 6.49. The molecule has 2 rings (SSSR count). The third-order valence-electron chi connectivity index (χ3n) is 2.91. The Bertz CT molecular complexity index is 444. The van der Waals surface area contributed by atoms with Gasteiger partial charge in [-0.05, 0) is 25.5 Å². The van der Waals surface area contributed by atoms with E-state index in [0.717, 1.165) is 25.9 Å².